The Labute approximate surface area is 155 Å². The minimum Gasteiger partial charge on any atom is -0.395 e. The molecule has 0 radical (unpaired) electrons. The third-order valence-electron chi connectivity index (χ3n) is 4.79. The molecule has 0 unspecified atom stereocenters. The van der Waals surface area contributed by atoms with Gasteiger partial charge in [0.15, 0.2) is 10.8 Å². The molecule has 27 heavy (non-hydrogen) atoms. The van der Waals surface area contributed by atoms with Gasteiger partial charge in [0.25, 0.3) is 5.69 Å². The number of unbranched alkanes of at least 4 members (excludes halogenated alkanes) is 1. The number of aliphatic hydroxyl groups excluding tert-OH is 4. The second kappa shape index (κ2) is 9.60. The topological polar surface area (TPSA) is 178 Å². The van der Waals surface area contributed by atoms with Gasteiger partial charge in [0, 0.05) is 18.2 Å². The van der Waals surface area contributed by atoms with E-state index in [1.807, 2.05) is 0 Å². The Morgan fingerprint density at radius 3 is 2.67 bits per heavy atom. The zero-order valence-electron chi connectivity index (χ0n) is 14.7. The summed E-state index contributed by atoms with van der Waals surface area (Å²) in [4.78, 5) is 15.3. The summed E-state index contributed by atoms with van der Waals surface area (Å²) >= 11 is 0. The van der Waals surface area contributed by atoms with Crippen molar-refractivity contribution in [2.45, 2.75) is 43.6 Å². The summed E-state index contributed by atoms with van der Waals surface area (Å²) in [5.74, 6) is 0. The Morgan fingerprint density at radius 1 is 1.30 bits per heavy atom. The maximum absolute atomic E-state index is 11.2. The molecule has 11 heteroatoms. The number of β-amino-alcohol motifs (C(OH)–C–C–N with tert-alkyl or cyclic N) is 1. The molecule has 1 aromatic rings. The molecule has 11 nitrogen and oxygen atoms in total. The lowest BCUT2D eigenvalue weighted by Crippen LogP contribution is -2.62. The number of hydrogen-bond acceptors (Lipinski definition) is 9. The highest BCUT2D eigenvalue weighted by Crippen LogP contribution is 2.26. The maximum Gasteiger partial charge on any atom is 0.275 e. The lowest BCUT2D eigenvalue weighted by Gasteiger charge is -2.43. The fourth-order valence-electron chi connectivity index (χ4n) is 3.32. The predicted octanol–water partition coefficient (Wildman–Crippen LogP) is -0.141. The van der Waals surface area contributed by atoms with E-state index in [1.165, 1.54) is 6.07 Å². The molecule has 4 atom stereocenters. The molecule has 0 aliphatic carbocycles. The number of hydrogen-bond donors (Lipinski definition) is 5. The largest absolute Gasteiger partial charge is 0.395 e. The highest BCUT2D eigenvalue weighted by molar-refractivity contribution is 5.51. The molecular weight excluding hydrogens is 358 g/mol. The van der Waals surface area contributed by atoms with Gasteiger partial charge in [0.1, 0.15) is 17.7 Å². The molecule has 0 spiro atoms. The maximum atomic E-state index is 11.2. The van der Waals surface area contributed by atoms with E-state index >= 15 is 0 Å². The minimum absolute atomic E-state index is 0.0833. The molecule has 1 aromatic carbocycles. The highest BCUT2D eigenvalue weighted by Gasteiger charge is 2.40. The van der Waals surface area contributed by atoms with Gasteiger partial charge in [0.2, 0.25) is 4.91 Å². The van der Waals surface area contributed by atoms with Crippen LogP contribution in [-0.4, -0.2) is 74.3 Å². The van der Waals surface area contributed by atoms with Crippen molar-refractivity contribution >= 4 is 11.4 Å². The van der Waals surface area contributed by atoms with E-state index in [1.54, 1.807) is 17.0 Å². The molecular formula is C16H24N5O6+. The van der Waals surface area contributed by atoms with E-state index < -0.39 is 29.3 Å². The van der Waals surface area contributed by atoms with Crippen molar-refractivity contribution in [1.82, 2.24) is 9.81 Å². The third-order valence-corrected chi connectivity index (χ3v) is 4.79. The van der Waals surface area contributed by atoms with Gasteiger partial charge in [-0.3, -0.25) is 15.0 Å². The van der Waals surface area contributed by atoms with Gasteiger partial charge in [-0.25, -0.2) is 0 Å². The van der Waals surface area contributed by atoms with Crippen LogP contribution >= 0.6 is 0 Å². The van der Waals surface area contributed by atoms with Crippen LogP contribution in [-0.2, 0) is 6.42 Å². The summed E-state index contributed by atoms with van der Waals surface area (Å²) in [7, 11) is 0. The Bertz CT molecular complexity index is 711. The van der Waals surface area contributed by atoms with Gasteiger partial charge in [-0.05, 0) is 37.9 Å². The summed E-state index contributed by atoms with van der Waals surface area (Å²) in [6, 6.07) is 3.75. The van der Waals surface area contributed by atoms with Crippen LogP contribution in [0.3, 0.4) is 0 Å². The van der Waals surface area contributed by atoms with Crippen molar-refractivity contribution in [3.05, 3.63) is 33.9 Å². The SMILES string of the molecule is N=[N+]=Nc1ccc(CCCCN2C[C@H](O)[C@@H](O)[C@H](O)[C@H]2CO)c([N+](=O)[O-])c1. The van der Waals surface area contributed by atoms with Gasteiger partial charge >= 0.3 is 0 Å². The van der Waals surface area contributed by atoms with Crippen molar-refractivity contribution < 1.29 is 25.3 Å². The van der Waals surface area contributed by atoms with Gasteiger partial charge < -0.3 is 20.4 Å². The van der Waals surface area contributed by atoms with E-state index in [0.717, 1.165) is 0 Å². The van der Waals surface area contributed by atoms with E-state index in [2.05, 4.69) is 10.0 Å². The van der Waals surface area contributed by atoms with E-state index in [-0.39, 0.29) is 24.5 Å². The van der Waals surface area contributed by atoms with Crippen LogP contribution < -0.4 is 4.91 Å². The molecule has 0 amide bonds. The number of nitrogens with zero attached hydrogens (tertiary/aromatic N) is 4. The fraction of sp³-hybridized carbons (Fsp3) is 0.625. The first kappa shape index (κ1) is 21.0. The molecule has 1 heterocycles. The van der Waals surface area contributed by atoms with Crippen LogP contribution in [0.4, 0.5) is 11.4 Å². The van der Waals surface area contributed by atoms with Crippen LogP contribution in [0.25, 0.3) is 0 Å². The second-order valence-corrected chi connectivity index (χ2v) is 6.52. The predicted molar refractivity (Wildman–Crippen MR) is 93.4 cm³/mol. The van der Waals surface area contributed by atoms with Crippen LogP contribution in [0.5, 0.6) is 0 Å². The quantitative estimate of drug-likeness (QED) is 0.136. The standard InChI is InChI=1S/C16H24N5O6/c17-19-18-11-5-4-10(12(7-11)21(26)27)3-1-2-6-20-8-14(23)16(25)15(24)13(20)9-22/h4-5,7,13-17,22-25H,1-3,6,8-9H2/q+1/t13-,14+,15-,16-/m1/s1. The molecule has 1 fully saturated rings. The van der Waals surface area contributed by atoms with E-state index in [4.69, 9.17) is 5.53 Å². The summed E-state index contributed by atoms with van der Waals surface area (Å²) < 4.78 is 0. The van der Waals surface area contributed by atoms with Crippen LogP contribution in [0.15, 0.2) is 23.3 Å². The Morgan fingerprint density at radius 2 is 2.04 bits per heavy atom. The number of likely N-dealkylation sites (tertiary alicyclic amines) is 1. The molecule has 1 saturated heterocycles. The lowest BCUT2D eigenvalue weighted by molar-refractivity contribution is -0.385. The molecule has 5 N–H and O–H groups in total. The van der Waals surface area contributed by atoms with Gasteiger partial charge in [-0.2, -0.15) is 0 Å². The number of aryl methyl sites for hydroxylation is 1. The molecule has 0 bridgehead atoms. The normalized spacial score (nSPS) is 25.8. The zero-order chi connectivity index (χ0) is 20.0. The number of piperidine rings is 1. The van der Waals surface area contributed by atoms with E-state index in [9.17, 15) is 30.5 Å². The van der Waals surface area contributed by atoms with Gasteiger partial charge in [-0.1, -0.05) is 0 Å². The average molecular weight is 382 g/mol. The zero-order valence-corrected chi connectivity index (χ0v) is 14.7. The average Bonchev–Trinajstić information content (AvgIpc) is 2.64. The Hall–Kier alpha value is -2.27. The number of nitrogens with one attached hydrogen (secondary N) is 1. The van der Waals surface area contributed by atoms with Crippen LogP contribution in [0.2, 0.25) is 0 Å². The minimum atomic E-state index is -1.29. The molecule has 1 aliphatic rings. The molecule has 148 valence electrons. The number of aliphatic hydroxyl groups is 4. The number of nitro benzene ring substituents is 1. The van der Waals surface area contributed by atoms with E-state index in [0.29, 0.717) is 31.4 Å². The first-order chi connectivity index (χ1) is 12.9. The third kappa shape index (κ3) is 5.13. The van der Waals surface area contributed by atoms with Crippen molar-refractivity contribution in [3.8, 4) is 0 Å². The Balaban J connectivity index is 1.94. The molecule has 2 rings (SSSR count). The van der Waals surface area contributed by atoms with Crippen molar-refractivity contribution in [1.29, 1.82) is 5.53 Å². The Kier molecular flexibility index (Phi) is 7.48. The summed E-state index contributed by atoms with van der Waals surface area (Å²) in [5.41, 5.74) is 7.39. The van der Waals surface area contributed by atoms with Crippen molar-refractivity contribution in [3.63, 3.8) is 0 Å². The molecule has 0 aromatic heterocycles. The molecule has 1 aliphatic heterocycles. The second-order valence-electron chi connectivity index (χ2n) is 6.52. The first-order valence-electron chi connectivity index (χ1n) is 8.63. The monoisotopic (exact) mass is 382 g/mol. The van der Waals surface area contributed by atoms with Crippen molar-refractivity contribution in [2.24, 2.45) is 5.11 Å². The summed E-state index contributed by atoms with van der Waals surface area (Å²) in [6.07, 6.45) is -1.94. The number of nitro groups is 1. The summed E-state index contributed by atoms with van der Waals surface area (Å²) in [5, 5.41) is 53.6. The smallest absolute Gasteiger partial charge is 0.275 e. The molecule has 0 saturated carbocycles. The highest BCUT2D eigenvalue weighted by atomic mass is 16.6. The van der Waals surface area contributed by atoms with Crippen LogP contribution in [0.1, 0.15) is 18.4 Å². The first-order valence-corrected chi connectivity index (χ1v) is 8.63. The van der Waals surface area contributed by atoms with Crippen LogP contribution in [0, 0.1) is 15.6 Å². The lowest BCUT2D eigenvalue weighted by atomic mass is 9.94. The number of rotatable bonds is 8. The van der Waals surface area contributed by atoms with Gasteiger partial charge in [-0.15, -0.1) is 0 Å². The number of benzene rings is 1. The fourth-order valence-corrected chi connectivity index (χ4v) is 3.32. The summed E-state index contributed by atoms with van der Waals surface area (Å²) in [6.45, 7) is 0.254. The van der Waals surface area contributed by atoms with Gasteiger partial charge in [0.05, 0.1) is 23.7 Å². The van der Waals surface area contributed by atoms with Crippen molar-refractivity contribution in [2.75, 3.05) is 19.7 Å².